The Labute approximate surface area is 166 Å². The summed E-state index contributed by atoms with van der Waals surface area (Å²) in [7, 11) is 0. The summed E-state index contributed by atoms with van der Waals surface area (Å²) in [5, 5.41) is 0. The zero-order valence-corrected chi connectivity index (χ0v) is 15.6. The van der Waals surface area contributed by atoms with Crippen LogP contribution in [0.5, 0.6) is 0 Å². The summed E-state index contributed by atoms with van der Waals surface area (Å²) in [5.41, 5.74) is 6.03. The first kappa shape index (κ1) is 21.6. The highest BCUT2D eigenvalue weighted by atomic mass is 35.5. The molecule has 1 heterocycles. The Morgan fingerprint density at radius 3 is 1.82 bits per heavy atom. The number of nitrogens with two attached hydrogens (primary N) is 1. The van der Waals surface area contributed by atoms with Crippen molar-refractivity contribution in [3.05, 3.63) is 65.2 Å². The van der Waals surface area contributed by atoms with Gasteiger partial charge in [-0.3, -0.25) is 9.59 Å². The minimum Gasteiger partial charge on any atom is -0.398 e. The van der Waals surface area contributed by atoms with Gasteiger partial charge in [0.15, 0.2) is 0 Å². The summed E-state index contributed by atoms with van der Waals surface area (Å²) < 4.78 is 37.9. The molecule has 28 heavy (non-hydrogen) atoms. The largest absolute Gasteiger partial charge is 0.416 e. The van der Waals surface area contributed by atoms with Crippen molar-refractivity contribution in [2.45, 2.75) is 6.18 Å². The predicted molar refractivity (Wildman–Crippen MR) is 101 cm³/mol. The van der Waals surface area contributed by atoms with E-state index >= 15 is 0 Å². The fourth-order valence-corrected chi connectivity index (χ4v) is 2.96. The minimum absolute atomic E-state index is 0. The molecule has 0 radical (unpaired) electrons. The number of piperazine rings is 1. The Hall–Kier alpha value is -2.74. The number of nitrogens with zero attached hydrogens (tertiary/aromatic N) is 2. The lowest BCUT2D eigenvalue weighted by atomic mass is 10.1. The summed E-state index contributed by atoms with van der Waals surface area (Å²) in [6.07, 6.45) is -4.44. The number of halogens is 4. The Kier molecular flexibility index (Phi) is 6.56. The van der Waals surface area contributed by atoms with Crippen LogP contribution in [0.2, 0.25) is 0 Å². The van der Waals surface area contributed by atoms with Crippen molar-refractivity contribution in [3.8, 4) is 0 Å². The summed E-state index contributed by atoms with van der Waals surface area (Å²) >= 11 is 0. The number of para-hydroxylation sites is 1. The van der Waals surface area contributed by atoms with Gasteiger partial charge >= 0.3 is 6.18 Å². The molecule has 3 rings (SSSR count). The SMILES string of the molecule is Cl.Nc1ccccc1C(=O)N1CCN(C(=O)c2ccc(C(F)(F)F)cc2)CC1. The number of alkyl halides is 3. The third kappa shape index (κ3) is 4.56. The Bertz CT molecular complexity index is 848. The highest BCUT2D eigenvalue weighted by molar-refractivity contribution is 5.99. The van der Waals surface area contributed by atoms with Gasteiger partial charge in [-0.2, -0.15) is 13.2 Å². The monoisotopic (exact) mass is 413 g/mol. The molecule has 0 aliphatic carbocycles. The van der Waals surface area contributed by atoms with E-state index in [1.807, 2.05) is 0 Å². The molecule has 2 amide bonds. The molecule has 0 atom stereocenters. The quantitative estimate of drug-likeness (QED) is 0.768. The van der Waals surface area contributed by atoms with Gasteiger partial charge in [0.05, 0.1) is 11.1 Å². The number of amides is 2. The van der Waals surface area contributed by atoms with Crippen molar-refractivity contribution in [3.63, 3.8) is 0 Å². The van der Waals surface area contributed by atoms with Gasteiger partial charge in [0.1, 0.15) is 0 Å². The second kappa shape index (κ2) is 8.52. The van der Waals surface area contributed by atoms with E-state index in [2.05, 4.69) is 0 Å². The first-order valence-electron chi connectivity index (χ1n) is 8.37. The van der Waals surface area contributed by atoms with Crippen LogP contribution in [0, 0.1) is 0 Å². The van der Waals surface area contributed by atoms with E-state index in [0.29, 0.717) is 37.4 Å². The van der Waals surface area contributed by atoms with Crippen LogP contribution in [-0.2, 0) is 6.18 Å². The van der Waals surface area contributed by atoms with Crippen molar-refractivity contribution >= 4 is 29.9 Å². The van der Waals surface area contributed by atoms with E-state index in [1.165, 1.54) is 17.0 Å². The van der Waals surface area contributed by atoms with Gasteiger partial charge in [-0.05, 0) is 36.4 Å². The zero-order chi connectivity index (χ0) is 19.6. The Morgan fingerprint density at radius 1 is 0.821 bits per heavy atom. The number of rotatable bonds is 2. The van der Waals surface area contributed by atoms with Crippen LogP contribution in [-0.4, -0.2) is 47.8 Å². The molecule has 0 bridgehead atoms. The Balaban J connectivity index is 0.00000280. The highest BCUT2D eigenvalue weighted by Gasteiger charge is 2.31. The first-order valence-corrected chi connectivity index (χ1v) is 8.37. The molecule has 2 N–H and O–H groups in total. The second-order valence-electron chi connectivity index (χ2n) is 6.25. The normalized spacial score (nSPS) is 14.4. The van der Waals surface area contributed by atoms with Gasteiger partial charge in [-0.15, -0.1) is 12.4 Å². The van der Waals surface area contributed by atoms with Gasteiger partial charge < -0.3 is 15.5 Å². The first-order chi connectivity index (χ1) is 12.8. The van der Waals surface area contributed by atoms with Crippen molar-refractivity contribution in [2.24, 2.45) is 0 Å². The molecule has 0 spiro atoms. The van der Waals surface area contributed by atoms with Gasteiger partial charge in [0, 0.05) is 37.4 Å². The molecule has 5 nitrogen and oxygen atoms in total. The number of hydrogen-bond acceptors (Lipinski definition) is 3. The summed E-state index contributed by atoms with van der Waals surface area (Å²) in [6, 6.07) is 10.9. The molecule has 1 aliphatic rings. The van der Waals surface area contributed by atoms with Crippen molar-refractivity contribution in [1.29, 1.82) is 0 Å². The molecule has 0 unspecified atom stereocenters. The smallest absolute Gasteiger partial charge is 0.398 e. The maximum absolute atomic E-state index is 12.6. The fraction of sp³-hybridized carbons (Fsp3) is 0.263. The van der Waals surface area contributed by atoms with Crippen LogP contribution in [0.25, 0.3) is 0 Å². The molecule has 2 aromatic rings. The maximum atomic E-state index is 12.6. The van der Waals surface area contributed by atoms with Crippen molar-refractivity contribution in [2.75, 3.05) is 31.9 Å². The average molecular weight is 414 g/mol. The lowest BCUT2D eigenvalue weighted by molar-refractivity contribution is -0.137. The van der Waals surface area contributed by atoms with Crippen molar-refractivity contribution < 1.29 is 22.8 Å². The average Bonchev–Trinajstić information content (AvgIpc) is 2.67. The number of nitrogen functional groups attached to an aromatic ring is 1. The van der Waals surface area contributed by atoms with E-state index < -0.39 is 11.7 Å². The molecule has 1 fully saturated rings. The lowest BCUT2D eigenvalue weighted by Gasteiger charge is -2.35. The fourth-order valence-electron chi connectivity index (χ4n) is 2.96. The van der Waals surface area contributed by atoms with Gasteiger partial charge in [-0.25, -0.2) is 0 Å². The third-order valence-corrected chi connectivity index (χ3v) is 4.50. The van der Waals surface area contributed by atoms with Gasteiger partial charge in [-0.1, -0.05) is 12.1 Å². The number of carbonyl (C=O) groups is 2. The van der Waals surface area contributed by atoms with Gasteiger partial charge in [0.2, 0.25) is 0 Å². The number of hydrogen-bond donors (Lipinski definition) is 1. The number of anilines is 1. The summed E-state index contributed by atoms with van der Waals surface area (Å²) in [6.45, 7) is 1.27. The van der Waals surface area contributed by atoms with Crippen LogP contribution in [0.15, 0.2) is 48.5 Å². The predicted octanol–water partition coefficient (Wildman–Crippen LogP) is 3.31. The standard InChI is InChI=1S/C19H18F3N3O2.ClH/c20-19(21,22)14-7-5-13(6-8-14)17(26)24-9-11-25(12-10-24)18(27)15-3-1-2-4-16(15)23;/h1-8H,9-12,23H2;1H. The van der Waals surface area contributed by atoms with Crippen LogP contribution in [0.3, 0.4) is 0 Å². The zero-order valence-electron chi connectivity index (χ0n) is 14.8. The van der Waals surface area contributed by atoms with E-state index in [9.17, 15) is 22.8 Å². The molecule has 1 aliphatic heterocycles. The van der Waals surface area contributed by atoms with Crippen LogP contribution >= 0.6 is 12.4 Å². The Morgan fingerprint density at radius 2 is 1.32 bits per heavy atom. The topological polar surface area (TPSA) is 66.6 Å². The van der Waals surface area contributed by atoms with Crippen LogP contribution < -0.4 is 5.73 Å². The number of benzene rings is 2. The highest BCUT2D eigenvalue weighted by Crippen LogP contribution is 2.29. The summed E-state index contributed by atoms with van der Waals surface area (Å²) in [5.74, 6) is -0.551. The third-order valence-electron chi connectivity index (χ3n) is 4.50. The molecular weight excluding hydrogens is 395 g/mol. The molecule has 2 aromatic carbocycles. The molecule has 1 saturated heterocycles. The van der Waals surface area contributed by atoms with E-state index in [-0.39, 0.29) is 29.8 Å². The second-order valence-corrected chi connectivity index (χ2v) is 6.25. The summed E-state index contributed by atoms with van der Waals surface area (Å²) in [4.78, 5) is 28.2. The molecule has 150 valence electrons. The molecule has 0 saturated carbocycles. The van der Waals surface area contributed by atoms with E-state index in [4.69, 9.17) is 5.73 Å². The molecular formula is C19H19ClF3N3O2. The lowest BCUT2D eigenvalue weighted by Crippen LogP contribution is -2.50. The van der Waals surface area contributed by atoms with Crippen LogP contribution in [0.4, 0.5) is 18.9 Å². The van der Waals surface area contributed by atoms with Gasteiger partial charge in [0.25, 0.3) is 11.8 Å². The van der Waals surface area contributed by atoms with E-state index in [0.717, 1.165) is 12.1 Å². The van der Waals surface area contributed by atoms with Crippen molar-refractivity contribution in [1.82, 2.24) is 9.80 Å². The maximum Gasteiger partial charge on any atom is 0.416 e. The van der Waals surface area contributed by atoms with Crippen LogP contribution in [0.1, 0.15) is 26.3 Å². The number of carbonyl (C=O) groups excluding carboxylic acids is 2. The molecule has 9 heteroatoms. The molecule has 0 aromatic heterocycles. The van der Waals surface area contributed by atoms with E-state index in [1.54, 1.807) is 29.2 Å². The minimum atomic E-state index is -4.44.